The van der Waals surface area contributed by atoms with Crippen LogP contribution >= 0.6 is 0 Å². The first-order valence-corrected chi connectivity index (χ1v) is 7.44. The highest BCUT2D eigenvalue weighted by molar-refractivity contribution is 5.71. The van der Waals surface area contributed by atoms with Crippen LogP contribution in [-0.4, -0.2) is 19.4 Å². The second kappa shape index (κ2) is 5.70. The summed E-state index contributed by atoms with van der Waals surface area (Å²) in [4.78, 5) is 11.7. The molecular formula is C18H11F3N4. The number of aromatic nitrogens is 4. The van der Waals surface area contributed by atoms with Crippen LogP contribution in [0.1, 0.15) is 5.69 Å². The fourth-order valence-corrected chi connectivity index (χ4v) is 2.63. The molecule has 0 amide bonds. The Bertz CT molecular complexity index is 1040. The van der Waals surface area contributed by atoms with E-state index >= 15 is 0 Å². The van der Waals surface area contributed by atoms with Crippen LogP contribution in [0.2, 0.25) is 0 Å². The second-order valence-corrected chi connectivity index (χ2v) is 5.45. The third kappa shape index (κ3) is 2.84. The maximum Gasteiger partial charge on any atom is 0.433 e. The lowest BCUT2D eigenvalue weighted by molar-refractivity contribution is -0.141. The summed E-state index contributed by atoms with van der Waals surface area (Å²) in [5.41, 5.74) is 2.45. The van der Waals surface area contributed by atoms with Gasteiger partial charge in [0.1, 0.15) is 5.69 Å². The zero-order chi connectivity index (χ0) is 17.4. The van der Waals surface area contributed by atoms with Gasteiger partial charge in [0.15, 0.2) is 0 Å². The minimum atomic E-state index is -4.49. The van der Waals surface area contributed by atoms with Gasteiger partial charge in [0.2, 0.25) is 5.78 Å². The van der Waals surface area contributed by atoms with Gasteiger partial charge in [0.25, 0.3) is 0 Å². The summed E-state index contributed by atoms with van der Waals surface area (Å²) in [5, 5.41) is 0. The maximum atomic E-state index is 12.8. The predicted molar refractivity (Wildman–Crippen MR) is 86.7 cm³/mol. The van der Waals surface area contributed by atoms with Gasteiger partial charge in [0.05, 0.1) is 11.9 Å². The molecule has 0 aliphatic heterocycles. The Morgan fingerprint density at radius 3 is 2.44 bits per heavy atom. The van der Waals surface area contributed by atoms with Crippen LogP contribution in [0, 0.1) is 0 Å². The standard InChI is InChI=1S/C18H11F3N4/c19-18(20,21)16-6-8-25-15(11-23-17(25)24-16)13-4-1-3-12(9-13)14-5-2-7-22-10-14/h1-11H. The summed E-state index contributed by atoms with van der Waals surface area (Å²) in [7, 11) is 0. The highest BCUT2D eigenvalue weighted by Gasteiger charge is 2.32. The van der Waals surface area contributed by atoms with Crippen molar-refractivity contribution in [2.45, 2.75) is 6.18 Å². The van der Waals surface area contributed by atoms with E-state index in [4.69, 9.17) is 0 Å². The Kier molecular flexibility index (Phi) is 3.49. The highest BCUT2D eigenvalue weighted by atomic mass is 19.4. The third-order valence-electron chi connectivity index (χ3n) is 3.82. The second-order valence-electron chi connectivity index (χ2n) is 5.45. The number of rotatable bonds is 2. The molecule has 0 aliphatic carbocycles. The van der Waals surface area contributed by atoms with Crippen molar-refractivity contribution in [1.29, 1.82) is 0 Å². The monoisotopic (exact) mass is 340 g/mol. The molecule has 25 heavy (non-hydrogen) atoms. The fourth-order valence-electron chi connectivity index (χ4n) is 2.63. The molecule has 0 atom stereocenters. The summed E-state index contributed by atoms with van der Waals surface area (Å²) in [6.07, 6.45) is 1.82. The Morgan fingerprint density at radius 2 is 1.68 bits per heavy atom. The van der Waals surface area contributed by atoms with E-state index in [0.717, 1.165) is 22.8 Å². The molecule has 7 heteroatoms. The van der Waals surface area contributed by atoms with Gasteiger partial charge in [-0.15, -0.1) is 0 Å². The minimum absolute atomic E-state index is 0.0107. The van der Waals surface area contributed by atoms with Gasteiger partial charge < -0.3 is 0 Å². The molecule has 4 nitrogen and oxygen atoms in total. The minimum Gasteiger partial charge on any atom is -0.284 e. The van der Waals surface area contributed by atoms with E-state index in [9.17, 15) is 13.2 Å². The molecule has 0 saturated heterocycles. The molecule has 0 aliphatic rings. The van der Waals surface area contributed by atoms with Crippen LogP contribution in [0.15, 0.2) is 67.3 Å². The van der Waals surface area contributed by atoms with E-state index in [0.29, 0.717) is 5.69 Å². The van der Waals surface area contributed by atoms with E-state index in [1.54, 1.807) is 12.4 Å². The van der Waals surface area contributed by atoms with E-state index in [1.165, 1.54) is 16.8 Å². The zero-order valence-corrected chi connectivity index (χ0v) is 12.8. The van der Waals surface area contributed by atoms with Crippen LogP contribution in [0.25, 0.3) is 28.2 Å². The molecular weight excluding hydrogens is 329 g/mol. The lowest BCUT2D eigenvalue weighted by atomic mass is 10.0. The number of hydrogen-bond donors (Lipinski definition) is 0. The third-order valence-corrected chi connectivity index (χ3v) is 3.82. The fraction of sp³-hybridized carbons (Fsp3) is 0.0556. The van der Waals surface area contributed by atoms with Crippen molar-refractivity contribution in [2.75, 3.05) is 0 Å². The summed E-state index contributed by atoms with van der Waals surface area (Å²) >= 11 is 0. The predicted octanol–water partition coefficient (Wildman–Crippen LogP) is 4.48. The largest absolute Gasteiger partial charge is 0.433 e. The van der Waals surface area contributed by atoms with Crippen molar-refractivity contribution >= 4 is 5.78 Å². The van der Waals surface area contributed by atoms with Crippen LogP contribution in [-0.2, 0) is 6.18 Å². The number of benzene rings is 1. The first kappa shape index (κ1) is 15.3. The maximum absolute atomic E-state index is 12.8. The van der Waals surface area contributed by atoms with Gasteiger partial charge >= 0.3 is 6.18 Å². The highest BCUT2D eigenvalue weighted by Crippen LogP contribution is 2.30. The van der Waals surface area contributed by atoms with Gasteiger partial charge in [-0.2, -0.15) is 13.2 Å². The van der Waals surface area contributed by atoms with E-state index in [1.807, 2.05) is 36.4 Å². The molecule has 0 saturated carbocycles. The zero-order valence-electron chi connectivity index (χ0n) is 12.8. The Balaban J connectivity index is 1.80. The molecule has 4 rings (SSSR count). The van der Waals surface area contributed by atoms with Gasteiger partial charge in [-0.1, -0.05) is 24.3 Å². The summed E-state index contributed by atoms with van der Waals surface area (Å²) in [6.45, 7) is 0. The average molecular weight is 340 g/mol. The average Bonchev–Trinajstić information content (AvgIpc) is 3.05. The Hall–Kier alpha value is -3.22. The first-order valence-electron chi connectivity index (χ1n) is 7.44. The van der Waals surface area contributed by atoms with Crippen LogP contribution < -0.4 is 0 Å². The molecule has 0 N–H and O–H groups in total. The Morgan fingerprint density at radius 1 is 0.880 bits per heavy atom. The molecule has 0 bridgehead atoms. The first-order chi connectivity index (χ1) is 12.0. The lowest BCUT2D eigenvalue weighted by Crippen LogP contribution is -2.09. The number of hydrogen-bond acceptors (Lipinski definition) is 3. The van der Waals surface area contributed by atoms with Gasteiger partial charge in [0, 0.05) is 29.7 Å². The number of nitrogens with zero attached hydrogens (tertiary/aromatic N) is 4. The van der Waals surface area contributed by atoms with E-state index < -0.39 is 11.9 Å². The van der Waals surface area contributed by atoms with E-state index in [2.05, 4.69) is 15.0 Å². The molecule has 0 unspecified atom stereocenters. The number of halogens is 3. The summed E-state index contributed by atoms with van der Waals surface area (Å²) in [5.74, 6) is 0.0107. The number of alkyl halides is 3. The van der Waals surface area contributed by atoms with Crippen molar-refractivity contribution in [1.82, 2.24) is 19.4 Å². The molecule has 0 fully saturated rings. The molecule has 4 aromatic rings. The molecule has 0 spiro atoms. The normalized spacial score (nSPS) is 11.8. The van der Waals surface area contributed by atoms with E-state index in [-0.39, 0.29) is 5.78 Å². The number of fused-ring (bicyclic) bond motifs is 1. The molecule has 3 aromatic heterocycles. The van der Waals surface area contributed by atoms with Crippen molar-refractivity contribution in [3.63, 3.8) is 0 Å². The van der Waals surface area contributed by atoms with Crippen molar-refractivity contribution in [3.8, 4) is 22.4 Å². The number of imidazole rings is 1. The lowest BCUT2D eigenvalue weighted by Gasteiger charge is -2.07. The number of pyridine rings is 1. The molecule has 1 aromatic carbocycles. The van der Waals surface area contributed by atoms with Crippen molar-refractivity contribution in [3.05, 3.63) is 72.9 Å². The smallest absolute Gasteiger partial charge is 0.284 e. The topological polar surface area (TPSA) is 43.1 Å². The summed E-state index contributed by atoms with van der Waals surface area (Å²) in [6, 6.07) is 12.4. The quantitative estimate of drug-likeness (QED) is 0.540. The molecule has 3 heterocycles. The summed E-state index contributed by atoms with van der Waals surface area (Å²) < 4.78 is 39.9. The van der Waals surface area contributed by atoms with Gasteiger partial charge in [-0.3, -0.25) is 9.38 Å². The van der Waals surface area contributed by atoms with Crippen molar-refractivity contribution in [2.24, 2.45) is 0 Å². The van der Waals surface area contributed by atoms with Crippen LogP contribution in [0.5, 0.6) is 0 Å². The van der Waals surface area contributed by atoms with Crippen molar-refractivity contribution < 1.29 is 13.2 Å². The van der Waals surface area contributed by atoms with Crippen LogP contribution in [0.4, 0.5) is 13.2 Å². The van der Waals surface area contributed by atoms with Gasteiger partial charge in [-0.05, 0) is 23.8 Å². The molecule has 0 radical (unpaired) electrons. The SMILES string of the molecule is FC(F)(F)c1ccn2c(-c3cccc(-c4cccnc4)c3)cnc2n1. The van der Waals surface area contributed by atoms with Gasteiger partial charge in [-0.25, -0.2) is 9.97 Å². The van der Waals surface area contributed by atoms with Crippen LogP contribution in [0.3, 0.4) is 0 Å². The Labute approximate surface area is 140 Å². The molecule has 124 valence electrons.